The molecule has 6 heteroatoms. The van der Waals surface area contributed by atoms with Crippen molar-refractivity contribution in [3.8, 4) is 0 Å². The van der Waals surface area contributed by atoms with E-state index in [1.165, 1.54) is 9.40 Å². The molecule has 1 saturated heterocycles. The summed E-state index contributed by atoms with van der Waals surface area (Å²) in [4.78, 5) is 17.7. The van der Waals surface area contributed by atoms with Crippen LogP contribution >= 0.6 is 22.7 Å². The van der Waals surface area contributed by atoms with Gasteiger partial charge in [-0.15, -0.1) is 22.7 Å². The molecule has 0 spiro atoms. The Morgan fingerprint density at radius 1 is 1.29 bits per heavy atom. The molecule has 21 heavy (non-hydrogen) atoms. The molecule has 0 atom stereocenters. The van der Waals surface area contributed by atoms with E-state index in [-0.39, 0.29) is 11.4 Å². The van der Waals surface area contributed by atoms with Gasteiger partial charge in [-0.1, -0.05) is 0 Å². The summed E-state index contributed by atoms with van der Waals surface area (Å²) in [6.07, 6.45) is 0. The van der Waals surface area contributed by atoms with Gasteiger partial charge in [-0.3, -0.25) is 9.69 Å². The molecule has 0 radical (unpaired) electrons. The summed E-state index contributed by atoms with van der Waals surface area (Å²) in [6.45, 7) is 8.37. The lowest BCUT2D eigenvalue weighted by atomic mass is 10.1. The zero-order chi connectivity index (χ0) is 15.0. The highest BCUT2D eigenvalue weighted by molar-refractivity contribution is 7.27. The lowest BCUT2D eigenvalue weighted by Gasteiger charge is -2.37. The second-order valence-corrected chi connectivity index (χ2v) is 8.35. The van der Waals surface area contributed by atoms with Crippen LogP contribution in [0.2, 0.25) is 0 Å². The van der Waals surface area contributed by atoms with Crippen molar-refractivity contribution in [1.82, 2.24) is 9.80 Å². The summed E-state index contributed by atoms with van der Waals surface area (Å²) in [5, 5.41) is 2.07. The number of nitrogens with two attached hydrogens (primary N) is 1. The van der Waals surface area contributed by atoms with Gasteiger partial charge in [0.15, 0.2) is 0 Å². The number of hydrogen-bond acceptors (Lipinski definition) is 5. The lowest BCUT2D eigenvalue weighted by Crippen LogP contribution is -2.54. The van der Waals surface area contributed by atoms with Crippen LogP contribution in [0.1, 0.15) is 23.5 Å². The molecule has 4 nitrogen and oxygen atoms in total. The Balaban J connectivity index is 1.61. The van der Waals surface area contributed by atoms with Gasteiger partial charge in [-0.25, -0.2) is 0 Å². The van der Waals surface area contributed by atoms with Gasteiger partial charge in [-0.05, 0) is 31.4 Å². The maximum atomic E-state index is 12.6. The molecule has 3 rings (SSSR count). The Morgan fingerprint density at radius 3 is 2.62 bits per heavy atom. The molecule has 0 aliphatic carbocycles. The van der Waals surface area contributed by atoms with Crippen molar-refractivity contribution in [2.45, 2.75) is 19.4 Å². The molecule has 3 heterocycles. The Hall–Kier alpha value is -0.950. The standard InChI is InChI=1S/C15H21N3OS2/c1-15(2,16)10-17-4-6-18(7-5-17)14(19)13-9-12-11(21-13)3-8-20-12/h3,8-9H,4-7,10,16H2,1-2H3. The van der Waals surface area contributed by atoms with Crippen LogP contribution in [0.3, 0.4) is 0 Å². The van der Waals surface area contributed by atoms with Crippen molar-refractivity contribution in [2.75, 3.05) is 32.7 Å². The van der Waals surface area contributed by atoms with Gasteiger partial charge in [-0.2, -0.15) is 0 Å². The van der Waals surface area contributed by atoms with Crippen molar-refractivity contribution >= 4 is 38.0 Å². The fourth-order valence-electron chi connectivity index (χ4n) is 2.71. The van der Waals surface area contributed by atoms with Gasteiger partial charge < -0.3 is 10.6 Å². The fourth-order valence-corrected chi connectivity index (χ4v) is 4.79. The highest BCUT2D eigenvalue weighted by atomic mass is 32.1. The van der Waals surface area contributed by atoms with Crippen LogP contribution in [0, 0.1) is 0 Å². The molecule has 0 aromatic carbocycles. The van der Waals surface area contributed by atoms with Gasteiger partial charge in [0.2, 0.25) is 0 Å². The maximum Gasteiger partial charge on any atom is 0.264 e. The topological polar surface area (TPSA) is 49.6 Å². The number of carbonyl (C=O) groups is 1. The lowest BCUT2D eigenvalue weighted by molar-refractivity contribution is 0.0621. The molecule has 2 N–H and O–H groups in total. The number of thiophene rings is 2. The summed E-state index contributed by atoms with van der Waals surface area (Å²) in [6, 6.07) is 4.12. The molecule has 2 aromatic rings. The largest absolute Gasteiger partial charge is 0.335 e. The number of piperazine rings is 1. The third kappa shape index (κ3) is 3.45. The van der Waals surface area contributed by atoms with Crippen molar-refractivity contribution in [3.05, 3.63) is 22.4 Å². The van der Waals surface area contributed by atoms with Crippen LogP contribution in [-0.2, 0) is 0 Å². The first-order chi connectivity index (χ1) is 9.92. The summed E-state index contributed by atoms with van der Waals surface area (Å²) < 4.78 is 2.43. The number of fused-ring (bicyclic) bond motifs is 1. The molecular formula is C15H21N3OS2. The number of carbonyl (C=O) groups excluding carboxylic acids is 1. The number of hydrogen-bond donors (Lipinski definition) is 1. The minimum Gasteiger partial charge on any atom is -0.335 e. The van der Waals surface area contributed by atoms with E-state index in [1.54, 1.807) is 22.7 Å². The van der Waals surface area contributed by atoms with E-state index in [1.807, 2.05) is 24.8 Å². The number of amides is 1. The second kappa shape index (κ2) is 5.68. The van der Waals surface area contributed by atoms with E-state index in [0.29, 0.717) is 0 Å². The maximum absolute atomic E-state index is 12.6. The van der Waals surface area contributed by atoms with Gasteiger partial charge in [0.1, 0.15) is 0 Å². The van der Waals surface area contributed by atoms with E-state index in [2.05, 4.69) is 16.3 Å². The van der Waals surface area contributed by atoms with Crippen LogP contribution in [0.25, 0.3) is 9.40 Å². The third-order valence-electron chi connectivity index (χ3n) is 3.64. The minimum atomic E-state index is -0.176. The molecule has 114 valence electrons. The first-order valence-electron chi connectivity index (χ1n) is 7.20. The molecule has 0 saturated carbocycles. The van der Waals surface area contributed by atoms with Crippen molar-refractivity contribution in [3.63, 3.8) is 0 Å². The van der Waals surface area contributed by atoms with E-state index in [9.17, 15) is 4.79 Å². The van der Waals surface area contributed by atoms with Crippen molar-refractivity contribution in [2.24, 2.45) is 5.73 Å². The quantitative estimate of drug-likeness (QED) is 0.944. The molecule has 1 aliphatic heterocycles. The second-order valence-electron chi connectivity index (χ2n) is 6.32. The Labute approximate surface area is 133 Å². The van der Waals surface area contributed by atoms with E-state index in [0.717, 1.165) is 37.6 Å². The molecule has 0 bridgehead atoms. The van der Waals surface area contributed by atoms with Gasteiger partial charge >= 0.3 is 0 Å². The highest BCUT2D eigenvalue weighted by Gasteiger charge is 2.25. The monoisotopic (exact) mass is 323 g/mol. The molecular weight excluding hydrogens is 302 g/mol. The molecule has 1 fully saturated rings. The fraction of sp³-hybridized carbons (Fsp3) is 0.533. The molecule has 0 unspecified atom stereocenters. The number of rotatable bonds is 3. The van der Waals surface area contributed by atoms with Crippen LogP contribution in [-0.4, -0.2) is 54.0 Å². The number of nitrogens with zero attached hydrogens (tertiary/aromatic N) is 2. The van der Waals surface area contributed by atoms with Crippen molar-refractivity contribution < 1.29 is 4.79 Å². The smallest absolute Gasteiger partial charge is 0.264 e. The first-order valence-corrected chi connectivity index (χ1v) is 8.89. The van der Waals surface area contributed by atoms with Crippen LogP contribution < -0.4 is 5.73 Å². The van der Waals surface area contributed by atoms with Crippen LogP contribution in [0.5, 0.6) is 0 Å². The van der Waals surface area contributed by atoms with Gasteiger partial charge in [0.25, 0.3) is 5.91 Å². The molecule has 2 aromatic heterocycles. The van der Waals surface area contributed by atoms with Gasteiger partial charge in [0, 0.05) is 47.7 Å². The molecule has 1 amide bonds. The Kier molecular flexibility index (Phi) is 4.05. The van der Waals surface area contributed by atoms with E-state index >= 15 is 0 Å². The van der Waals surface area contributed by atoms with Crippen molar-refractivity contribution in [1.29, 1.82) is 0 Å². The van der Waals surface area contributed by atoms with E-state index < -0.39 is 0 Å². The predicted octanol–water partition coefficient (Wildman–Crippen LogP) is 2.46. The van der Waals surface area contributed by atoms with Gasteiger partial charge in [0.05, 0.1) is 4.88 Å². The summed E-state index contributed by atoms with van der Waals surface area (Å²) in [5.41, 5.74) is 5.89. The Bertz CT molecular complexity index is 604. The van der Waals surface area contributed by atoms with E-state index in [4.69, 9.17) is 5.73 Å². The van der Waals surface area contributed by atoms with Crippen LogP contribution in [0.4, 0.5) is 0 Å². The zero-order valence-corrected chi connectivity index (χ0v) is 14.1. The summed E-state index contributed by atoms with van der Waals surface area (Å²) in [5.74, 6) is 0.176. The Morgan fingerprint density at radius 2 is 2.00 bits per heavy atom. The zero-order valence-electron chi connectivity index (χ0n) is 12.5. The van der Waals surface area contributed by atoms with Crippen LogP contribution in [0.15, 0.2) is 17.5 Å². The SMILES string of the molecule is CC(C)(N)CN1CCN(C(=O)c2cc3sccc3s2)CC1. The minimum absolute atomic E-state index is 0.176. The average molecular weight is 323 g/mol. The molecule has 1 aliphatic rings. The highest BCUT2D eigenvalue weighted by Crippen LogP contribution is 2.30. The predicted molar refractivity (Wildman–Crippen MR) is 90.3 cm³/mol. The normalized spacial score (nSPS) is 17.6. The third-order valence-corrected chi connectivity index (χ3v) is 5.72. The average Bonchev–Trinajstić information content (AvgIpc) is 2.97. The summed E-state index contributed by atoms with van der Waals surface area (Å²) in [7, 11) is 0. The summed E-state index contributed by atoms with van der Waals surface area (Å²) >= 11 is 3.30. The first kappa shape index (κ1) is 15.0.